The van der Waals surface area contributed by atoms with Crippen LogP contribution in [0.3, 0.4) is 0 Å². The molecule has 2 aromatic carbocycles. The molecule has 0 unspecified atom stereocenters. The summed E-state index contributed by atoms with van der Waals surface area (Å²) >= 11 is 0. The molecular formula is C27H28N4O4. The van der Waals surface area contributed by atoms with Crippen LogP contribution in [0.4, 0.5) is 0 Å². The van der Waals surface area contributed by atoms with Gasteiger partial charge in [0.1, 0.15) is 23.7 Å². The lowest BCUT2D eigenvalue weighted by atomic mass is 10.2. The van der Waals surface area contributed by atoms with Gasteiger partial charge in [-0.2, -0.15) is 5.10 Å². The van der Waals surface area contributed by atoms with Crippen molar-refractivity contribution >= 4 is 5.91 Å². The Morgan fingerprint density at radius 3 is 2.66 bits per heavy atom. The molecule has 2 aromatic heterocycles. The fourth-order valence-corrected chi connectivity index (χ4v) is 3.99. The largest absolute Gasteiger partial charge is 0.492 e. The van der Waals surface area contributed by atoms with Gasteiger partial charge in [0.25, 0.3) is 5.91 Å². The quantitative estimate of drug-likeness (QED) is 0.399. The summed E-state index contributed by atoms with van der Waals surface area (Å²) in [4.78, 5) is 15.5. The molecule has 0 radical (unpaired) electrons. The molecule has 8 heteroatoms. The first kappa shape index (κ1) is 22.9. The van der Waals surface area contributed by atoms with E-state index in [-0.39, 0.29) is 5.91 Å². The zero-order chi connectivity index (χ0) is 23.9. The predicted octanol–water partition coefficient (Wildman–Crippen LogP) is 3.77. The minimum atomic E-state index is -0.224. The molecule has 4 aromatic rings. The predicted molar refractivity (Wildman–Crippen MR) is 132 cm³/mol. The average molecular weight is 473 g/mol. The third-order valence-corrected chi connectivity index (χ3v) is 5.85. The van der Waals surface area contributed by atoms with Gasteiger partial charge in [0.15, 0.2) is 5.76 Å². The first-order valence-corrected chi connectivity index (χ1v) is 11.8. The van der Waals surface area contributed by atoms with Gasteiger partial charge >= 0.3 is 0 Å². The van der Waals surface area contributed by atoms with Crippen LogP contribution >= 0.6 is 0 Å². The number of benzene rings is 2. The number of furan rings is 1. The normalized spacial score (nSPS) is 14.1. The van der Waals surface area contributed by atoms with Gasteiger partial charge in [-0.05, 0) is 42.0 Å². The number of amides is 1. The number of ether oxygens (including phenoxy) is 2. The molecule has 1 aliphatic heterocycles. The monoisotopic (exact) mass is 472 g/mol. The van der Waals surface area contributed by atoms with E-state index in [4.69, 9.17) is 13.9 Å². The van der Waals surface area contributed by atoms with E-state index in [1.54, 1.807) is 23.1 Å². The second-order valence-electron chi connectivity index (χ2n) is 8.27. The molecule has 35 heavy (non-hydrogen) atoms. The van der Waals surface area contributed by atoms with Crippen molar-refractivity contribution < 1.29 is 18.7 Å². The van der Waals surface area contributed by atoms with E-state index in [0.717, 1.165) is 49.8 Å². The van der Waals surface area contributed by atoms with Gasteiger partial charge < -0.3 is 19.2 Å². The molecule has 0 atom stereocenters. The zero-order valence-corrected chi connectivity index (χ0v) is 19.4. The second kappa shape index (κ2) is 11.0. The minimum Gasteiger partial charge on any atom is -0.492 e. The van der Waals surface area contributed by atoms with Gasteiger partial charge in [-0.3, -0.25) is 9.69 Å². The van der Waals surface area contributed by atoms with Gasteiger partial charge in [0.05, 0.1) is 25.2 Å². The third-order valence-electron chi connectivity index (χ3n) is 5.85. The highest BCUT2D eigenvalue weighted by atomic mass is 16.5. The third kappa shape index (κ3) is 5.79. The highest BCUT2D eigenvalue weighted by Gasteiger charge is 2.18. The molecule has 3 heterocycles. The summed E-state index contributed by atoms with van der Waals surface area (Å²) in [5.74, 6) is 1.17. The lowest BCUT2D eigenvalue weighted by molar-refractivity contribution is 0.0322. The van der Waals surface area contributed by atoms with Crippen molar-refractivity contribution in [3.8, 4) is 22.9 Å². The minimum absolute atomic E-state index is 0.224. The van der Waals surface area contributed by atoms with E-state index in [2.05, 4.69) is 15.3 Å². The number of aromatic nitrogens is 2. The SMILES string of the molecule is O=C(NCc1cccc(OCCN2CCOCC2)c1)c1cc(-c2ccco2)nn1-c1ccccc1. The number of hydrogen-bond donors (Lipinski definition) is 1. The Balaban J connectivity index is 1.24. The molecule has 1 fully saturated rings. The zero-order valence-electron chi connectivity index (χ0n) is 19.4. The van der Waals surface area contributed by atoms with E-state index >= 15 is 0 Å². The van der Waals surface area contributed by atoms with Crippen molar-refractivity contribution in [3.63, 3.8) is 0 Å². The Labute approximate surface area is 204 Å². The van der Waals surface area contributed by atoms with Gasteiger partial charge in [0.2, 0.25) is 0 Å². The van der Waals surface area contributed by atoms with E-state index in [0.29, 0.717) is 30.3 Å². The summed E-state index contributed by atoms with van der Waals surface area (Å²) in [6, 6.07) is 22.7. The first-order chi connectivity index (χ1) is 17.3. The number of para-hydroxylation sites is 1. The standard InChI is InChI=1S/C27H28N4O4/c32-27(25-19-24(26-10-5-14-35-26)29-31(25)22-7-2-1-3-8-22)28-20-21-6-4-9-23(18-21)34-17-13-30-11-15-33-16-12-30/h1-10,14,18-19H,11-13,15-17,20H2,(H,28,32). The number of nitrogens with one attached hydrogen (secondary N) is 1. The molecule has 1 amide bonds. The van der Waals surface area contributed by atoms with Crippen LogP contribution in [0.1, 0.15) is 16.1 Å². The summed E-state index contributed by atoms with van der Waals surface area (Å²) in [6.45, 7) is 5.29. The highest BCUT2D eigenvalue weighted by Crippen LogP contribution is 2.22. The van der Waals surface area contributed by atoms with E-state index in [1.165, 1.54) is 0 Å². The van der Waals surface area contributed by atoms with Gasteiger partial charge in [0, 0.05) is 32.2 Å². The lowest BCUT2D eigenvalue weighted by Gasteiger charge is -2.26. The van der Waals surface area contributed by atoms with Crippen LogP contribution in [-0.4, -0.2) is 60.0 Å². The maximum Gasteiger partial charge on any atom is 0.270 e. The molecule has 0 bridgehead atoms. The molecule has 0 saturated carbocycles. The molecule has 0 spiro atoms. The summed E-state index contributed by atoms with van der Waals surface area (Å²) in [5.41, 5.74) is 2.78. The highest BCUT2D eigenvalue weighted by molar-refractivity contribution is 5.94. The summed E-state index contributed by atoms with van der Waals surface area (Å²) in [7, 11) is 0. The van der Waals surface area contributed by atoms with Crippen molar-refractivity contribution in [2.24, 2.45) is 0 Å². The lowest BCUT2D eigenvalue weighted by Crippen LogP contribution is -2.38. The van der Waals surface area contributed by atoms with Crippen molar-refractivity contribution in [3.05, 3.63) is 90.3 Å². The molecular weight excluding hydrogens is 444 g/mol. The maximum absolute atomic E-state index is 13.2. The number of nitrogens with zero attached hydrogens (tertiary/aromatic N) is 3. The van der Waals surface area contributed by atoms with Gasteiger partial charge in [-0.25, -0.2) is 4.68 Å². The molecule has 1 saturated heterocycles. The molecule has 0 aliphatic carbocycles. The summed E-state index contributed by atoms with van der Waals surface area (Å²) in [5, 5.41) is 7.63. The van der Waals surface area contributed by atoms with Crippen LogP contribution in [0.25, 0.3) is 17.1 Å². The van der Waals surface area contributed by atoms with Crippen molar-refractivity contribution in [1.82, 2.24) is 20.0 Å². The van der Waals surface area contributed by atoms with E-state index < -0.39 is 0 Å². The second-order valence-corrected chi connectivity index (χ2v) is 8.27. The molecule has 5 rings (SSSR count). The van der Waals surface area contributed by atoms with Gasteiger partial charge in [-0.15, -0.1) is 0 Å². The fraction of sp³-hybridized carbons (Fsp3) is 0.259. The average Bonchev–Trinajstić information content (AvgIpc) is 3.59. The molecule has 1 N–H and O–H groups in total. The Hall–Kier alpha value is -3.88. The van der Waals surface area contributed by atoms with Crippen molar-refractivity contribution in [2.75, 3.05) is 39.5 Å². The summed E-state index contributed by atoms with van der Waals surface area (Å²) in [6.07, 6.45) is 1.59. The number of morpholine rings is 1. The number of hydrogen-bond acceptors (Lipinski definition) is 6. The van der Waals surface area contributed by atoms with Gasteiger partial charge in [-0.1, -0.05) is 30.3 Å². The van der Waals surface area contributed by atoms with Crippen molar-refractivity contribution in [1.29, 1.82) is 0 Å². The van der Waals surface area contributed by atoms with E-state index in [1.807, 2.05) is 60.7 Å². The number of carbonyl (C=O) groups is 1. The van der Waals surface area contributed by atoms with Crippen LogP contribution in [0.2, 0.25) is 0 Å². The first-order valence-electron chi connectivity index (χ1n) is 11.8. The van der Waals surface area contributed by atoms with Crippen LogP contribution in [0.5, 0.6) is 5.75 Å². The molecule has 1 aliphatic rings. The van der Waals surface area contributed by atoms with E-state index in [9.17, 15) is 4.79 Å². The Kier molecular flexibility index (Phi) is 7.21. The topological polar surface area (TPSA) is 81.8 Å². The maximum atomic E-state index is 13.2. The summed E-state index contributed by atoms with van der Waals surface area (Å²) < 4.78 is 18.4. The molecule has 180 valence electrons. The Morgan fingerprint density at radius 2 is 1.86 bits per heavy atom. The Bertz CT molecular complexity index is 1230. The van der Waals surface area contributed by atoms with Crippen LogP contribution < -0.4 is 10.1 Å². The van der Waals surface area contributed by atoms with Crippen LogP contribution in [-0.2, 0) is 11.3 Å². The number of rotatable bonds is 9. The smallest absolute Gasteiger partial charge is 0.270 e. The van der Waals surface area contributed by atoms with Crippen LogP contribution in [0, 0.1) is 0 Å². The number of carbonyl (C=O) groups excluding carboxylic acids is 1. The fourth-order valence-electron chi connectivity index (χ4n) is 3.99. The molecule has 8 nitrogen and oxygen atoms in total. The van der Waals surface area contributed by atoms with Crippen LogP contribution in [0.15, 0.2) is 83.5 Å². The Morgan fingerprint density at radius 1 is 1.00 bits per heavy atom. The van der Waals surface area contributed by atoms with Crippen molar-refractivity contribution in [2.45, 2.75) is 6.54 Å².